The van der Waals surface area contributed by atoms with E-state index in [1.54, 1.807) is 6.07 Å². The lowest BCUT2D eigenvalue weighted by atomic mass is 9.80. The molecule has 2 atom stereocenters. The zero-order valence-corrected chi connectivity index (χ0v) is 12.5. The molecule has 0 heterocycles. The number of halogens is 1. The highest BCUT2D eigenvalue weighted by atomic mass is 79.9. The van der Waals surface area contributed by atoms with Gasteiger partial charge >= 0.3 is 0 Å². The fraction of sp³-hybridized carbons (Fsp3) is 0.533. The summed E-state index contributed by atoms with van der Waals surface area (Å²) in [6.07, 6.45) is 5.00. The number of benzene rings is 1. The van der Waals surface area contributed by atoms with Gasteiger partial charge < -0.3 is 10.5 Å². The monoisotopic (exact) mass is 322 g/mol. The number of nitrogens with zero attached hydrogens (tertiary/aromatic N) is 1. The van der Waals surface area contributed by atoms with Gasteiger partial charge in [-0.15, -0.1) is 0 Å². The molecule has 3 nitrogen and oxygen atoms in total. The van der Waals surface area contributed by atoms with Crippen molar-refractivity contribution in [3.63, 3.8) is 0 Å². The van der Waals surface area contributed by atoms with Crippen LogP contribution in [0, 0.1) is 23.2 Å². The highest BCUT2D eigenvalue weighted by molar-refractivity contribution is 9.10. The van der Waals surface area contributed by atoms with Crippen molar-refractivity contribution >= 4 is 15.9 Å². The molecule has 1 saturated carbocycles. The molecule has 19 heavy (non-hydrogen) atoms. The van der Waals surface area contributed by atoms with Gasteiger partial charge in [-0.05, 0) is 65.4 Å². The Labute approximate surface area is 122 Å². The van der Waals surface area contributed by atoms with Gasteiger partial charge in [-0.25, -0.2) is 0 Å². The van der Waals surface area contributed by atoms with E-state index >= 15 is 0 Å². The number of nitriles is 1. The number of hydrogen-bond acceptors (Lipinski definition) is 3. The van der Waals surface area contributed by atoms with Crippen molar-refractivity contribution in [2.24, 2.45) is 17.6 Å². The first-order valence-corrected chi connectivity index (χ1v) is 7.56. The summed E-state index contributed by atoms with van der Waals surface area (Å²) in [5.74, 6) is 1.97. The zero-order valence-electron chi connectivity index (χ0n) is 10.9. The zero-order chi connectivity index (χ0) is 13.7. The average Bonchev–Trinajstić information content (AvgIpc) is 2.45. The Morgan fingerprint density at radius 1 is 1.32 bits per heavy atom. The molecule has 0 spiro atoms. The van der Waals surface area contributed by atoms with Crippen LogP contribution in [0.15, 0.2) is 22.7 Å². The Morgan fingerprint density at radius 3 is 2.68 bits per heavy atom. The quantitative estimate of drug-likeness (QED) is 0.923. The van der Waals surface area contributed by atoms with E-state index in [-0.39, 0.29) is 0 Å². The van der Waals surface area contributed by atoms with Crippen LogP contribution in [-0.4, -0.2) is 13.2 Å². The molecule has 2 N–H and O–H groups in total. The van der Waals surface area contributed by atoms with E-state index < -0.39 is 0 Å². The van der Waals surface area contributed by atoms with Crippen molar-refractivity contribution < 1.29 is 4.74 Å². The van der Waals surface area contributed by atoms with Crippen LogP contribution in [0.25, 0.3) is 0 Å². The van der Waals surface area contributed by atoms with E-state index in [4.69, 9.17) is 15.7 Å². The molecule has 1 aromatic carbocycles. The minimum Gasteiger partial charge on any atom is -0.493 e. The van der Waals surface area contributed by atoms with Gasteiger partial charge in [0.05, 0.1) is 12.2 Å². The third-order valence-electron chi connectivity index (χ3n) is 3.89. The molecule has 102 valence electrons. The molecule has 2 rings (SSSR count). The molecule has 1 fully saturated rings. The van der Waals surface area contributed by atoms with Crippen LogP contribution in [-0.2, 0) is 0 Å². The number of rotatable bonds is 4. The summed E-state index contributed by atoms with van der Waals surface area (Å²) in [5.41, 5.74) is 6.45. The Bertz CT molecular complexity index is 470. The fourth-order valence-electron chi connectivity index (χ4n) is 2.69. The fourth-order valence-corrected chi connectivity index (χ4v) is 3.14. The van der Waals surface area contributed by atoms with Gasteiger partial charge in [0, 0.05) is 4.47 Å². The largest absolute Gasteiger partial charge is 0.493 e. The second-order valence-electron chi connectivity index (χ2n) is 5.10. The molecule has 0 saturated heterocycles. The molecule has 0 aromatic heterocycles. The lowest BCUT2D eigenvalue weighted by molar-refractivity contribution is 0.153. The predicted molar refractivity (Wildman–Crippen MR) is 78.9 cm³/mol. The molecule has 0 aliphatic heterocycles. The van der Waals surface area contributed by atoms with Crippen molar-refractivity contribution in [3.8, 4) is 11.8 Å². The average molecular weight is 323 g/mol. The molecule has 1 aliphatic rings. The normalized spacial score (nSPS) is 22.8. The maximum Gasteiger partial charge on any atom is 0.120 e. The first-order chi connectivity index (χ1) is 9.24. The van der Waals surface area contributed by atoms with Crippen molar-refractivity contribution in [2.75, 3.05) is 13.2 Å². The minimum absolute atomic E-state index is 0.563. The Morgan fingerprint density at radius 2 is 2.05 bits per heavy atom. The third kappa shape index (κ3) is 3.71. The smallest absolute Gasteiger partial charge is 0.120 e. The maximum atomic E-state index is 8.88. The number of hydrogen-bond donors (Lipinski definition) is 1. The van der Waals surface area contributed by atoms with E-state index in [1.165, 1.54) is 25.7 Å². The standard InChI is InChI=1S/C15H19BrN2O/c16-15-7-14(6-5-12(15)9-18)19-10-13-4-2-1-3-11(13)8-17/h5-7,11,13H,1-4,8,10,17H2. The first kappa shape index (κ1) is 14.4. The van der Waals surface area contributed by atoms with Crippen molar-refractivity contribution in [3.05, 3.63) is 28.2 Å². The molecular weight excluding hydrogens is 304 g/mol. The molecule has 2 unspecified atom stereocenters. The topological polar surface area (TPSA) is 59.0 Å². The highest BCUT2D eigenvalue weighted by Gasteiger charge is 2.24. The summed E-state index contributed by atoms with van der Waals surface area (Å²) in [6, 6.07) is 7.61. The second-order valence-corrected chi connectivity index (χ2v) is 5.96. The molecule has 4 heteroatoms. The lowest BCUT2D eigenvalue weighted by Crippen LogP contribution is -2.30. The summed E-state index contributed by atoms with van der Waals surface area (Å²) in [6.45, 7) is 1.48. The number of ether oxygens (including phenoxy) is 1. The third-order valence-corrected chi connectivity index (χ3v) is 4.55. The van der Waals surface area contributed by atoms with Gasteiger partial charge in [-0.2, -0.15) is 5.26 Å². The van der Waals surface area contributed by atoms with E-state index in [0.29, 0.717) is 17.4 Å². The summed E-state index contributed by atoms with van der Waals surface area (Å²) in [5, 5.41) is 8.88. The van der Waals surface area contributed by atoms with Gasteiger partial charge in [-0.1, -0.05) is 12.8 Å². The van der Waals surface area contributed by atoms with E-state index in [2.05, 4.69) is 22.0 Å². The molecule has 0 radical (unpaired) electrons. The summed E-state index contributed by atoms with van der Waals surface area (Å²) in [4.78, 5) is 0. The van der Waals surface area contributed by atoms with Crippen LogP contribution in [0.1, 0.15) is 31.2 Å². The second kappa shape index (κ2) is 6.93. The van der Waals surface area contributed by atoms with Gasteiger partial charge in [0.25, 0.3) is 0 Å². The van der Waals surface area contributed by atoms with Gasteiger partial charge in [-0.3, -0.25) is 0 Å². The summed E-state index contributed by atoms with van der Waals surface area (Å²) < 4.78 is 6.65. The van der Waals surface area contributed by atoms with E-state index in [0.717, 1.165) is 23.4 Å². The van der Waals surface area contributed by atoms with Crippen LogP contribution in [0.2, 0.25) is 0 Å². The van der Waals surface area contributed by atoms with Crippen LogP contribution < -0.4 is 10.5 Å². The minimum atomic E-state index is 0.563. The molecule has 1 aliphatic carbocycles. The Balaban J connectivity index is 1.94. The van der Waals surface area contributed by atoms with Crippen LogP contribution in [0.3, 0.4) is 0 Å². The number of nitrogens with two attached hydrogens (primary N) is 1. The lowest BCUT2D eigenvalue weighted by Gasteiger charge is -2.30. The van der Waals surface area contributed by atoms with Gasteiger partial charge in [0.2, 0.25) is 0 Å². The predicted octanol–water partition coefficient (Wildman–Crippen LogP) is 3.46. The Hall–Kier alpha value is -1.05. The first-order valence-electron chi connectivity index (χ1n) is 6.77. The van der Waals surface area contributed by atoms with Crippen molar-refractivity contribution in [2.45, 2.75) is 25.7 Å². The molecule has 0 amide bonds. The van der Waals surface area contributed by atoms with Gasteiger partial charge in [0.1, 0.15) is 11.8 Å². The Kier molecular flexibility index (Phi) is 5.24. The summed E-state index contributed by atoms with van der Waals surface area (Å²) >= 11 is 3.38. The molecular formula is C15H19BrN2O. The van der Waals surface area contributed by atoms with Crippen LogP contribution >= 0.6 is 15.9 Å². The summed E-state index contributed by atoms with van der Waals surface area (Å²) in [7, 11) is 0. The van der Waals surface area contributed by atoms with Crippen LogP contribution in [0.5, 0.6) is 5.75 Å². The maximum absolute atomic E-state index is 8.88. The van der Waals surface area contributed by atoms with E-state index in [1.807, 2.05) is 12.1 Å². The highest BCUT2D eigenvalue weighted by Crippen LogP contribution is 2.30. The SMILES string of the molecule is N#Cc1ccc(OCC2CCCCC2CN)cc1Br. The van der Waals surface area contributed by atoms with Crippen molar-refractivity contribution in [1.82, 2.24) is 0 Å². The van der Waals surface area contributed by atoms with Gasteiger partial charge in [0.15, 0.2) is 0 Å². The van der Waals surface area contributed by atoms with Crippen LogP contribution in [0.4, 0.5) is 0 Å². The molecule has 0 bridgehead atoms. The van der Waals surface area contributed by atoms with Crippen molar-refractivity contribution in [1.29, 1.82) is 5.26 Å². The molecule has 1 aromatic rings. The van der Waals surface area contributed by atoms with E-state index in [9.17, 15) is 0 Å².